The van der Waals surface area contributed by atoms with Crippen molar-refractivity contribution in [2.75, 3.05) is 6.61 Å². The van der Waals surface area contributed by atoms with Gasteiger partial charge in [0.15, 0.2) is 6.61 Å². The molecule has 0 aromatic heterocycles. The first-order valence-electron chi connectivity index (χ1n) is 10.3. The number of esters is 1. The van der Waals surface area contributed by atoms with Crippen LogP contribution in [-0.4, -0.2) is 54.3 Å². The largest absolute Gasteiger partial charge is 0.459 e. The predicted molar refractivity (Wildman–Crippen MR) is 89.3 cm³/mol. The van der Waals surface area contributed by atoms with Gasteiger partial charge in [-0.15, -0.1) is 0 Å². The molecule has 0 aromatic rings. The quantitative estimate of drug-likeness (QED) is 0.218. The van der Waals surface area contributed by atoms with E-state index in [4.69, 9.17) is 0 Å². The van der Waals surface area contributed by atoms with Crippen LogP contribution in [0.3, 0.4) is 0 Å². The lowest BCUT2D eigenvalue weighted by molar-refractivity contribution is -0.430. The van der Waals surface area contributed by atoms with Crippen molar-refractivity contribution in [3.05, 3.63) is 0 Å². The predicted octanol–water partition coefficient (Wildman–Crippen LogP) is 7.22. The van der Waals surface area contributed by atoms with Gasteiger partial charge in [0.1, 0.15) is 6.42 Å². The molecule has 2 rings (SSSR count). The fourth-order valence-electron chi connectivity index (χ4n) is 4.79. The van der Waals surface area contributed by atoms with Crippen LogP contribution in [0.5, 0.6) is 0 Å². The zero-order chi connectivity index (χ0) is 28.5. The molecule has 2 fully saturated rings. The van der Waals surface area contributed by atoms with E-state index >= 15 is 0 Å². The summed E-state index contributed by atoms with van der Waals surface area (Å²) in [6.45, 7) is 0.490. The molecule has 0 saturated heterocycles. The number of halogens is 15. The first-order chi connectivity index (χ1) is 15.8. The number of hydrogen-bond acceptors (Lipinski definition) is 2. The molecule has 0 amide bonds. The average Bonchev–Trinajstić information content (AvgIpc) is 3.23. The van der Waals surface area contributed by atoms with Gasteiger partial charge >= 0.3 is 47.7 Å². The minimum absolute atomic E-state index is 0.0612. The molecule has 2 saturated carbocycles. The molecule has 5 atom stereocenters. The highest BCUT2D eigenvalue weighted by Gasteiger charge is 2.90. The standard InChI is InChI=1S/C19H19F15O2/c1-7-8(2)10-3-9(7)4-11(10)12(35)36-6-14(22,23)17(29,30)19(33,34)18(31,32)16(27,28)13(20,21)5-15(24,25)26/h7-11H,3-6H2,1-2H3. The van der Waals surface area contributed by atoms with Crippen molar-refractivity contribution in [1.82, 2.24) is 0 Å². The Balaban J connectivity index is 2.25. The second-order valence-corrected chi connectivity index (χ2v) is 9.33. The van der Waals surface area contributed by atoms with E-state index in [1.165, 1.54) is 0 Å². The maximum Gasteiger partial charge on any atom is 0.395 e. The zero-order valence-electron chi connectivity index (χ0n) is 18.2. The fourth-order valence-corrected chi connectivity index (χ4v) is 4.79. The third-order valence-electron chi connectivity index (χ3n) is 7.12. The normalized spacial score (nSPS) is 28.5. The molecule has 5 unspecified atom stereocenters. The van der Waals surface area contributed by atoms with Gasteiger partial charge in [-0.2, -0.15) is 65.9 Å². The van der Waals surface area contributed by atoms with Crippen molar-refractivity contribution in [1.29, 1.82) is 0 Å². The molecule has 2 aliphatic rings. The fraction of sp³-hybridized carbons (Fsp3) is 0.947. The molecule has 0 aliphatic heterocycles. The first-order valence-corrected chi connectivity index (χ1v) is 10.3. The highest BCUT2D eigenvalue weighted by Crippen LogP contribution is 2.61. The Morgan fingerprint density at radius 2 is 1.11 bits per heavy atom. The smallest absolute Gasteiger partial charge is 0.395 e. The van der Waals surface area contributed by atoms with Crippen LogP contribution < -0.4 is 0 Å². The highest BCUT2D eigenvalue weighted by atomic mass is 19.4. The Morgan fingerprint density at radius 1 is 0.667 bits per heavy atom. The summed E-state index contributed by atoms with van der Waals surface area (Å²) in [5.41, 5.74) is 0. The first kappa shape index (κ1) is 30.6. The van der Waals surface area contributed by atoms with Gasteiger partial charge < -0.3 is 4.74 Å². The maximum absolute atomic E-state index is 13.9. The summed E-state index contributed by atoms with van der Waals surface area (Å²) in [6, 6.07) is 0. The van der Waals surface area contributed by atoms with Gasteiger partial charge in [-0.3, -0.25) is 4.79 Å². The minimum Gasteiger partial charge on any atom is -0.459 e. The Labute approximate surface area is 193 Å². The summed E-state index contributed by atoms with van der Waals surface area (Å²) in [5.74, 6) is -48.5. The maximum atomic E-state index is 13.9. The number of rotatable bonds is 9. The number of carbonyl (C=O) groups excluding carboxylic acids is 1. The van der Waals surface area contributed by atoms with E-state index in [2.05, 4.69) is 4.74 Å². The molecule has 0 radical (unpaired) electrons. The SMILES string of the molecule is CC1C2CC(C(=O)OCC(F)(F)C(F)(F)C(F)(F)C(F)(F)C(F)(F)C(F)(F)CC(F)(F)F)C(C2)C1C. The Hall–Kier alpha value is -1.58. The van der Waals surface area contributed by atoms with Gasteiger partial charge in [-0.25, -0.2) is 0 Å². The van der Waals surface area contributed by atoms with Gasteiger partial charge in [-0.1, -0.05) is 13.8 Å². The molecular formula is C19H19F15O2. The molecule has 2 aliphatic carbocycles. The molecule has 17 heteroatoms. The van der Waals surface area contributed by atoms with E-state index < -0.39 is 72.5 Å². The van der Waals surface area contributed by atoms with Crippen molar-refractivity contribution in [3.8, 4) is 0 Å². The van der Waals surface area contributed by atoms with Gasteiger partial charge in [0.05, 0.1) is 5.92 Å². The summed E-state index contributed by atoms with van der Waals surface area (Å²) in [6.07, 6.45) is -10.0. The van der Waals surface area contributed by atoms with Crippen molar-refractivity contribution in [2.24, 2.45) is 29.6 Å². The lowest BCUT2D eigenvalue weighted by Gasteiger charge is -2.41. The number of carbonyl (C=O) groups is 1. The third-order valence-corrected chi connectivity index (χ3v) is 7.12. The van der Waals surface area contributed by atoms with Crippen LogP contribution in [0.4, 0.5) is 65.9 Å². The molecule has 36 heavy (non-hydrogen) atoms. The van der Waals surface area contributed by atoms with E-state index in [9.17, 15) is 70.7 Å². The molecular weight excluding hydrogens is 545 g/mol. The van der Waals surface area contributed by atoms with Crippen LogP contribution in [0.15, 0.2) is 0 Å². The summed E-state index contributed by atoms with van der Waals surface area (Å²) >= 11 is 0. The van der Waals surface area contributed by atoms with Crippen molar-refractivity contribution in [2.45, 2.75) is 74.8 Å². The number of fused-ring (bicyclic) bond motifs is 2. The van der Waals surface area contributed by atoms with E-state index in [0.29, 0.717) is 6.42 Å². The molecule has 0 N–H and O–H groups in total. The molecule has 0 spiro atoms. The minimum atomic E-state index is -8.12. The number of alkyl halides is 15. The van der Waals surface area contributed by atoms with Crippen LogP contribution in [0, 0.1) is 29.6 Å². The lowest BCUT2D eigenvalue weighted by Crippen LogP contribution is -2.71. The monoisotopic (exact) mass is 564 g/mol. The van der Waals surface area contributed by atoms with Crippen LogP contribution in [0.25, 0.3) is 0 Å². The Bertz CT molecular complexity index is 833. The van der Waals surface area contributed by atoms with Gasteiger partial charge in [0.2, 0.25) is 0 Å². The van der Waals surface area contributed by atoms with Crippen LogP contribution in [0.1, 0.15) is 33.1 Å². The van der Waals surface area contributed by atoms with Crippen LogP contribution in [-0.2, 0) is 9.53 Å². The topological polar surface area (TPSA) is 26.3 Å². The van der Waals surface area contributed by atoms with Crippen LogP contribution in [0.2, 0.25) is 0 Å². The van der Waals surface area contributed by atoms with E-state index in [-0.39, 0.29) is 24.2 Å². The summed E-state index contributed by atoms with van der Waals surface area (Å²) < 4.78 is 204. The zero-order valence-corrected chi connectivity index (χ0v) is 18.2. The van der Waals surface area contributed by atoms with Crippen molar-refractivity contribution in [3.63, 3.8) is 0 Å². The summed E-state index contributed by atoms with van der Waals surface area (Å²) in [4.78, 5) is 12.1. The summed E-state index contributed by atoms with van der Waals surface area (Å²) in [7, 11) is 0. The Morgan fingerprint density at radius 3 is 1.50 bits per heavy atom. The second-order valence-electron chi connectivity index (χ2n) is 9.33. The van der Waals surface area contributed by atoms with Gasteiger partial charge in [0.25, 0.3) is 0 Å². The third kappa shape index (κ3) is 4.60. The van der Waals surface area contributed by atoms with Crippen molar-refractivity contribution >= 4 is 5.97 Å². The van der Waals surface area contributed by atoms with Crippen LogP contribution >= 0.6 is 0 Å². The highest BCUT2D eigenvalue weighted by molar-refractivity contribution is 5.73. The molecule has 2 nitrogen and oxygen atoms in total. The number of hydrogen-bond donors (Lipinski definition) is 0. The Kier molecular flexibility index (Phi) is 7.43. The van der Waals surface area contributed by atoms with E-state index in [1.807, 2.05) is 6.92 Å². The average molecular weight is 564 g/mol. The second kappa shape index (κ2) is 8.73. The lowest BCUT2D eigenvalue weighted by atomic mass is 9.76. The number of ether oxygens (including phenoxy) is 1. The molecule has 2 bridgehead atoms. The van der Waals surface area contributed by atoms with Crippen molar-refractivity contribution < 1.29 is 75.4 Å². The van der Waals surface area contributed by atoms with Gasteiger partial charge in [-0.05, 0) is 36.5 Å². The molecule has 0 heterocycles. The van der Waals surface area contributed by atoms with E-state index in [0.717, 1.165) is 0 Å². The summed E-state index contributed by atoms with van der Waals surface area (Å²) in [5, 5.41) is 0. The molecule has 212 valence electrons. The van der Waals surface area contributed by atoms with Gasteiger partial charge in [0, 0.05) is 0 Å². The van der Waals surface area contributed by atoms with E-state index in [1.54, 1.807) is 6.92 Å². The molecule has 0 aromatic carbocycles.